The molecular formula is C49H51BrF2N8O3. The minimum absolute atomic E-state index is 0.0198. The highest BCUT2D eigenvalue weighted by Crippen LogP contribution is 2.22. The van der Waals surface area contributed by atoms with Crippen molar-refractivity contribution in [3.8, 4) is 6.07 Å². The lowest BCUT2D eigenvalue weighted by Gasteiger charge is -2.34. The second kappa shape index (κ2) is 22.1. The molecule has 0 atom stereocenters. The molecule has 5 aromatic rings. The zero-order valence-electron chi connectivity index (χ0n) is 35.2. The van der Waals surface area contributed by atoms with Crippen molar-refractivity contribution in [2.45, 2.75) is 38.9 Å². The molecule has 0 unspecified atom stereocenters. The lowest BCUT2D eigenvalue weighted by atomic mass is 9.90. The number of ketones is 1. The fraction of sp³-hybridized carbons (Fsp3) is 0.347. The molecule has 8 rings (SSSR count). The Hall–Kier alpha value is -5.72. The number of nitrogens with zero attached hydrogens (tertiary/aromatic N) is 8. The van der Waals surface area contributed by atoms with Crippen molar-refractivity contribution in [1.29, 1.82) is 5.26 Å². The SMILES string of the molecule is N#Cc1ccc(CN2CCC(C(=O)Cc3ccc(C(=O)N4CCN(Cc5ccc(F)cc5)CC4)cn3)CC2)cc1.O=C(c1ccc(Br)nc1)N1CCN(Cc2ccc(F)cc2)CC1. The summed E-state index contributed by atoms with van der Waals surface area (Å²) >= 11 is 3.27. The van der Waals surface area contributed by atoms with E-state index in [0.29, 0.717) is 48.6 Å². The molecule has 0 bridgehead atoms. The molecule has 2 aromatic heterocycles. The summed E-state index contributed by atoms with van der Waals surface area (Å²) in [6.45, 7) is 9.87. The summed E-state index contributed by atoms with van der Waals surface area (Å²) in [5, 5.41) is 8.96. The van der Waals surface area contributed by atoms with E-state index in [1.165, 1.54) is 29.8 Å². The van der Waals surface area contributed by atoms with Crippen molar-refractivity contribution in [2.24, 2.45) is 5.92 Å². The Labute approximate surface area is 376 Å². The van der Waals surface area contributed by atoms with Crippen LogP contribution in [0.4, 0.5) is 8.78 Å². The summed E-state index contributed by atoms with van der Waals surface area (Å²) in [5.74, 6) is -0.227. The maximum Gasteiger partial charge on any atom is 0.255 e. The molecular weight excluding hydrogens is 866 g/mol. The number of carbonyl (C=O) groups excluding carboxylic acids is 3. The zero-order chi connectivity index (χ0) is 44.1. The number of halogens is 3. The van der Waals surface area contributed by atoms with Crippen LogP contribution >= 0.6 is 15.9 Å². The molecule has 0 radical (unpaired) electrons. The highest BCUT2D eigenvalue weighted by molar-refractivity contribution is 9.10. The fourth-order valence-electron chi connectivity index (χ4n) is 8.12. The van der Waals surface area contributed by atoms with E-state index in [1.807, 2.05) is 34.1 Å². The summed E-state index contributed by atoms with van der Waals surface area (Å²) in [5.41, 5.74) is 5.84. The smallest absolute Gasteiger partial charge is 0.255 e. The van der Waals surface area contributed by atoms with Crippen LogP contribution in [0.1, 0.15) is 61.5 Å². The van der Waals surface area contributed by atoms with Crippen LogP contribution in [0.2, 0.25) is 0 Å². The first-order chi connectivity index (χ1) is 30.6. The highest BCUT2D eigenvalue weighted by atomic mass is 79.9. The molecule has 0 N–H and O–H groups in total. The number of amides is 2. The van der Waals surface area contributed by atoms with E-state index in [1.54, 1.807) is 60.9 Å². The van der Waals surface area contributed by atoms with Gasteiger partial charge in [0, 0.05) is 102 Å². The van der Waals surface area contributed by atoms with Crippen LogP contribution < -0.4 is 0 Å². The van der Waals surface area contributed by atoms with E-state index in [0.717, 1.165) is 87.5 Å². The zero-order valence-corrected chi connectivity index (χ0v) is 36.8. The Bertz CT molecular complexity index is 2320. The molecule has 3 saturated heterocycles. The average Bonchev–Trinajstić information content (AvgIpc) is 3.32. The first-order valence-electron chi connectivity index (χ1n) is 21.4. The van der Waals surface area contributed by atoms with Gasteiger partial charge >= 0.3 is 0 Å². The first-order valence-corrected chi connectivity index (χ1v) is 22.2. The van der Waals surface area contributed by atoms with E-state index >= 15 is 0 Å². The maximum absolute atomic E-state index is 13.1. The Balaban J connectivity index is 0.000000219. The summed E-state index contributed by atoms with van der Waals surface area (Å²) in [6.07, 6.45) is 5.14. The van der Waals surface area contributed by atoms with Crippen LogP contribution in [-0.4, -0.2) is 118 Å². The van der Waals surface area contributed by atoms with Gasteiger partial charge in [-0.3, -0.25) is 34.1 Å². The Kier molecular flexibility index (Phi) is 15.9. The van der Waals surface area contributed by atoms with E-state index in [-0.39, 0.29) is 41.6 Å². The molecule has 3 aliphatic heterocycles. The van der Waals surface area contributed by atoms with Crippen LogP contribution in [0.3, 0.4) is 0 Å². The topological polar surface area (TPSA) is 117 Å². The molecule has 2 amide bonds. The first kappa shape index (κ1) is 45.3. The third-order valence-electron chi connectivity index (χ3n) is 11.9. The van der Waals surface area contributed by atoms with Crippen LogP contribution in [0, 0.1) is 28.9 Å². The lowest BCUT2D eigenvalue weighted by molar-refractivity contribution is -0.123. The Morgan fingerprint density at radius 1 is 0.571 bits per heavy atom. The molecule has 3 fully saturated rings. The molecule has 14 heteroatoms. The van der Waals surface area contributed by atoms with Gasteiger partial charge in [-0.15, -0.1) is 0 Å². The minimum Gasteiger partial charge on any atom is -0.336 e. The summed E-state index contributed by atoms with van der Waals surface area (Å²) in [4.78, 5) is 57.5. The summed E-state index contributed by atoms with van der Waals surface area (Å²) < 4.78 is 26.8. The van der Waals surface area contributed by atoms with Crippen molar-refractivity contribution in [3.63, 3.8) is 0 Å². The van der Waals surface area contributed by atoms with Gasteiger partial charge in [0.1, 0.15) is 22.0 Å². The van der Waals surface area contributed by atoms with Crippen LogP contribution in [0.5, 0.6) is 0 Å². The van der Waals surface area contributed by atoms with Crippen molar-refractivity contribution in [1.82, 2.24) is 34.5 Å². The monoisotopic (exact) mass is 916 g/mol. The molecule has 0 aliphatic carbocycles. The van der Waals surface area contributed by atoms with Crippen molar-refractivity contribution >= 4 is 33.5 Å². The van der Waals surface area contributed by atoms with Crippen LogP contribution in [0.25, 0.3) is 0 Å². The molecule has 3 aromatic carbocycles. The standard InChI is InChI=1S/C32H34FN5O2.C17H17BrFN3O/c33-29-8-5-26(6-9-29)23-37-15-17-38(18-16-37)32(40)28-7-10-30(35-21-28)19-31(39)27-11-13-36(14-12-27)22-25-3-1-24(20-34)2-4-25;18-16-6-3-14(11-20-16)17(23)22-9-7-21(8-10-22)12-13-1-4-15(19)5-2-13/h1-10,21,27H,11-19,22-23H2;1-6,11H,7-10,12H2. The molecule has 326 valence electrons. The molecule has 5 heterocycles. The van der Waals surface area contributed by atoms with Gasteiger partial charge in [-0.1, -0.05) is 36.4 Å². The third-order valence-corrected chi connectivity index (χ3v) is 12.4. The van der Waals surface area contributed by atoms with Gasteiger partial charge in [0.25, 0.3) is 11.8 Å². The third kappa shape index (κ3) is 13.2. The predicted octanol–water partition coefficient (Wildman–Crippen LogP) is 7.02. The largest absolute Gasteiger partial charge is 0.336 e. The molecule has 11 nitrogen and oxygen atoms in total. The molecule has 63 heavy (non-hydrogen) atoms. The van der Waals surface area contributed by atoms with E-state index in [4.69, 9.17) is 5.26 Å². The number of hydrogen-bond acceptors (Lipinski definition) is 9. The van der Waals surface area contributed by atoms with Gasteiger partial charge in [-0.05, 0) is 119 Å². The highest BCUT2D eigenvalue weighted by Gasteiger charge is 2.27. The normalized spacial score (nSPS) is 16.5. The summed E-state index contributed by atoms with van der Waals surface area (Å²) in [6, 6.07) is 30.1. The minimum atomic E-state index is -0.235. The second-order valence-electron chi connectivity index (χ2n) is 16.3. The van der Waals surface area contributed by atoms with E-state index in [9.17, 15) is 23.2 Å². The number of carbonyl (C=O) groups is 3. The number of nitriles is 1. The number of Topliss-reactive ketones (excluding diaryl/α,β-unsaturated/α-hetero) is 1. The van der Waals surface area contributed by atoms with Crippen molar-refractivity contribution in [3.05, 3.63) is 165 Å². The number of likely N-dealkylation sites (tertiary alicyclic amines) is 1. The summed E-state index contributed by atoms with van der Waals surface area (Å²) in [7, 11) is 0. The number of piperazine rings is 2. The predicted molar refractivity (Wildman–Crippen MR) is 239 cm³/mol. The number of benzene rings is 3. The van der Waals surface area contributed by atoms with E-state index in [2.05, 4.69) is 46.7 Å². The molecule has 0 saturated carbocycles. The number of piperidine rings is 1. The van der Waals surface area contributed by atoms with Gasteiger partial charge in [0.05, 0.1) is 22.8 Å². The number of aromatic nitrogens is 2. The van der Waals surface area contributed by atoms with Gasteiger partial charge in [-0.25, -0.2) is 13.8 Å². The number of pyridine rings is 2. The van der Waals surface area contributed by atoms with E-state index < -0.39 is 0 Å². The van der Waals surface area contributed by atoms with Crippen molar-refractivity contribution < 1.29 is 23.2 Å². The second-order valence-corrected chi connectivity index (χ2v) is 17.1. The van der Waals surface area contributed by atoms with Gasteiger partial charge < -0.3 is 9.80 Å². The quantitative estimate of drug-likeness (QED) is 0.129. The van der Waals surface area contributed by atoms with Gasteiger partial charge in [0.15, 0.2) is 0 Å². The fourth-order valence-corrected chi connectivity index (χ4v) is 8.35. The van der Waals surface area contributed by atoms with Crippen LogP contribution in [0.15, 0.2) is 114 Å². The Morgan fingerprint density at radius 2 is 1.00 bits per heavy atom. The van der Waals surface area contributed by atoms with Gasteiger partial charge in [0.2, 0.25) is 0 Å². The lowest BCUT2D eigenvalue weighted by Crippen LogP contribution is -2.48. The Morgan fingerprint density at radius 3 is 1.41 bits per heavy atom. The maximum atomic E-state index is 13.1. The number of hydrogen-bond donors (Lipinski definition) is 0. The molecule has 3 aliphatic rings. The average molecular weight is 918 g/mol. The van der Waals surface area contributed by atoms with Crippen LogP contribution in [-0.2, 0) is 30.8 Å². The van der Waals surface area contributed by atoms with Crippen molar-refractivity contribution in [2.75, 3.05) is 65.4 Å². The molecule has 0 spiro atoms. The van der Waals surface area contributed by atoms with Gasteiger partial charge in [-0.2, -0.15) is 5.26 Å². The number of rotatable bonds is 11.